The molecule has 1 fully saturated rings. The van der Waals surface area contributed by atoms with E-state index in [0.29, 0.717) is 63.0 Å². The smallest absolute Gasteiger partial charge is 0.321 e. The third kappa shape index (κ3) is 4.16. The number of nitrogens with zero attached hydrogens (tertiary/aromatic N) is 2. The predicted octanol–water partition coefficient (Wildman–Crippen LogP) is 3.59. The number of hydrogen-bond donors (Lipinski definition) is 1. The minimum absolute atomic E-state index is 0.107. The highest BCUT2D eigenvalue weighted by molar-refractivity contribution is 7.17. The van der Waals surface area contributed by atoms with E-state index in [2.05, 4.69) is 22.8 Å². The van der Waals surface area contributed by atoms with Gasteiger partial charge in [-0.15, -0.1) is 11.3 Å². The lowest BCUT2D eigenvalue weighted by Crippen LogP contribution is -2.52. The molecule has 8 heteroatoms. The van der Waals surface area contributed by atoms with Crippen LogP contribution in [0.4, 0.5) is 10.5 Å². The lowest BCUT2D eigenvalue weighted by Gasteiger charge is -2.34. The van der Waals surface area contributed by atoms with Gasteiger partial charge >= 0.3 is 6.03 Å². The number of nitrogens with one attached hydrogen (secondary N) is 1. The summed E-state index contributed by atoms with van der Waals surface area (Å²) in [5.74, 6) is 1.44. The number of urea groups is 1. The first kappa shape index (κ1) is 19.7. The molecule has 0 radical (unpaired) electrons. The quantitative estimate of drug-likeness (QED) is 0.680. The van der Waals surface area contributed by atoms with Crippen LogP contribution in [0.1, 0.15) is 5.56 Å². The lowest BCUT2D eigenvalue weighted by atomic mass is 10.1. The maximum Gasteiger partial charge on any atom is 0.321 e. The fourth-order valence-corrected chi connectivity index (χ4v) is 4.89. The number of fused-ring (bicyclic) bond motifs is 2. The zero-order valence-corrected chi connectivity index (χ0v) is 17.8. The molecule has 3 amide bonds. The zero-order chi connectivity index (χ0) is 21.2. The van der Waals surface area contributed by atoms with Crippen molar-refractivity contribution in [2.75, 3.05) is 44.7 Å². The molecule has 5 rings (SSSR count). The van der Waals surface area contributed by atoms with E-state index >= 15 is 0 Å². The molecule has 0 saturated carbocycles. The second kappa shape index (κ2) is 8.47. The third-order valence-corrected chi connectivity index (χ3v) is 6.63. The Morgan fingerprint density at radius 1 is 0.935 bits per heavy atom. The van der Waals surface area contributed by atoms with E-state index in [1.807, 2.05) is 17.0 Å². The monoisotopic (exact) mass is 437 g/mol. The molecular formula is C23H23N3O4S. The average Bonchev–Trinajstić information content (AvgIpc) is 3.22. The van der Waals surface area contributed by atoms with Crippen LogP contribution in [-0.4, -0.2) is 61.1 Å². The standard InChI is InChI=1S/C23H23N3O4S/c27-22(13-16-15-31-21-4-2-1-3-18(16)21)25-7-9-26(10-8-25)23(28)24-17-5-6-19-20(14-17)30-12-11-29-19/h1-6,14-15H,7-13H2,(H,24,28). The molecule has 0 unspecified atom stereocenters. The number of amides is 3. The van der Waals surface area contributed by atoms with Gasteiger partial charge in [-0.05, 0) is 34.5 Å². The molecule has 2 aliphatic heterocycles. The molecule has 0 aliphatic carbocycles. The minimum atomic E-state index is -0.174. The van der Waals surface area contributed by atoms with Crippen LogP contribution in [0.15, 0.2) is 47.8 Å². The fourth-order valence-electron chi connectivity index (χ4n) is 3.93. The van der Waals surface area contributed by atoms with Crippen molar-refractivity contribution in [1.29, 1.82) is 0 Å². The Morgan fingerprint density at radius 2 is 1.68 bits per heavy atom. The first-order valence-corrected chi connectivity index (χ1v) is 11.2. The number of thiophene rings is 1. The average molecular weight is 438 g/mol. The van der Waals surface area contributed by atoms with Crippen molar-refractivity contribution >= 4 is 39.0 Å². The van der Waals surface area contributed by atoms with Crippen LogP contribution in [0.2, 0.25) is 0 Å². The Kier molecular flexibility index (Phi) is 5.38. The van der Waals surface area contributed by atoms with Crippen molar-refractivity contribution in [3.05, 3.63) is 53.4 Å². The molecule has 0 bridgehead atoms. The highest BCUT2D eigenvalue weighted by Gasteiger charge is 2.25. The molecule has 1 aromatic heterocycles. The van der Waals surface area contributed by atoms with Crippen molar-refractivity contribution in [3.8, 4) is 11.5 Å². The predicted molar refractivity (Wildman–Crippen MR) is 120 cm³/mol. The normalized spacial score (nSPS) is 15.7. The zero-order valence-electron chi connectivity index (χ0n) is 17.0. The van der Waals surface area contributed by atoms with Gasteiger partial charge in [0.05, 0.1) is 6.42 Å². The van der Waals surface area contributed by atoms with Crippen molar-refractivity contribution in [3.63, 3.8) is 0 Å². The molecule has 160 valence electrons. The molecule has 2 aromatic carbocycles. The first-order valence-electron chi connectivity index (χ1n) is 10.4. The van der Waals surface area contributed by atoms with Crippen molar-refractivity contribution in [2.45, 2.75) is 6.42 Å². The third-order valence-electron chi connectivity index (χ3n) is 5.62. The summed E-state index contributed by atoms with van der Waals surface area (Å²) in [6.07, 6.45) is 0.396. The minimum Gasteiger partial charge on any atom is -0.486 e. The van der Waals surface area contributed by atoms with Crippen molar-refractivity contribution in [1.82, 2.24) is 9.80 Å². The van der Waals surface area contributed by atoms with Crippen LogP contribution in [-0.2, 0) is 11.2 Å². The highest BCUT2D eigenvalue weighted by atomic mass is 32.1. The Morgan fingerprint density at radius 3 is 2.52 bits per heavy atom. The van der Waals surface area contributed by atoms with Crippen LogP contribution < -0.4 is 14.8 Å². The topological polar surface area (TPSA) is 71.1 Å². The summed E-state index contributed by atoms with van der Waals surface area (Å²) in [4.78, 5) is 29.0. The lowest BCUT2D eigenvalue weighted by molar-refractivity contribution is -0.131. The van der Waals surface area contributed by atoms with E-state index < -0.39 is 0 Å². The number of rotatable bonds is 3. The van der Waals surface area contributed by atoms with Gasteiger partial charge in [-0.25, -0.2) is 4.79 Å². The van der Waals surface area contributed by atoms with Crippen LogP contribution in [0.5, 0.6) is 11.5 Å². The SMILES string of the molecule is O=C(Cc1csc2ccccc12)N1CCN(C(=O)Nc2ccc3c(c2)OCCO3)CC1. The largest absolute Gasteiger partial charge is 0.486 e. The number of benzene rings is 2. The van der Waals surface area contributed by atoms with Crippen LogP contribution >= 0.6 is 11.3 Å². The van der Waals surface area contributed by atoms with Gasteiger partial charge < -0.3 is 24.6 Å². The molecule has 3 aromatic rings. The summed E-state index contributed by atoms with van der Waals surface area (Å²) in [6, 6.07) is 13.4. The molecule has 0 spiro atoms. The number of piperazine rings is 1. The van der Waals surface area contributed by atoms with Crippen LogP contribution in [0.25, 0.3) is 10.1 Å². The number of ether oxygens (including phenoxy) is 2. The van der Waals surface area contributed by atoms with Crippen molar-refractivity contribution < 1.29 is 19.1 Å². The van der Waals surface area contributed by atoms with Gasteiger partial charge in [0.2, 0.25) is 5.91 Å². The van der Waals surface area contributed by atoms with Crippen LogP contribution in [0, 0.1) is 0 Å². The Balaban J connectivity index is 1.15. The van der Waals surface area contributed by atoms with Gasteiger partial charge in [-0.3, -0.25) is 4.79 Å². The van der Waals surface area contributed by atoms with Gasteiger partial charge in [0.1, 0.15) is 13.2 Å². The molecule has 0 atom stereocenters. The number of anilines is 1. The number of hydrogen-bond acceptors (Lipinski definition) is 5. The molecule has 7 nitrogen and oxygen atoms in total. The maximum absolute atomic E-state index is 12.8. The number of carbonyl (C=O) groups is 2. The molecular weight excluding hydrogens is 414 g/mol. The summed E-state index contributed by atoms with van der Waals surface area (Å²) >= 11 is 1.67. The highest BCUT2D eigenvalue weighted by Crippen LogP contribution is 2.32. The van der Waals surface area contributed by atoms with E-state index in [0.717, 1.165) is 10.9 Å². The second-order valence-electron chi connectivity index (χ2n) is 7.59. The van der Waals surface area contributed by atoms with Crippen LogP contribution in [0.3, 0.4) is 0 Å². The van der Waals surface area contributed by atoms with E-state index in [9.17, 15) is 9.59 Å². The molecule has 1 saturated heterocycles. The van der Waals surface area contributed by atoms with Gasteiger partial charge in [0.15, 0.2) is 11.5 Å². The maximum atomic E-state index is 12.8. The summed E-state index contributed by atoms with van der Waals surface area (Å²) in [7, 11) is 0. The van der Waals surface area contributed by atoms with Crippen molar-refractivity contribution in [2.24, 2.45) is 0 Å². The molecule has 1 N–H and O–H groups in total. The van der Waals surface area contributed by atoms with Gasteiger partial charge in [-0.2, -0.15) is 0 Å². The first-order chi connectivity index (χ1) is 15.2. The summed E-state index contributed by atoms with van der Waals surface area (Å²) in [5, 5.41) is 6.13. The molecule has 31 heavy (non-hydrogen) atoms. The van der Waals surface area contributed by atoms with Gasteiger partial charge in [0, 0.05) is 42.6 Å². The molecule has 3 heterocycles. The molecule has 2 aliphatic rings. The Hall–Kier alpha value is -3.26. The van der Waals surface area contributed by atoms with E-state index in [-0.39, 0.29) is 11.9 Å². The van der Waals surface area contributed by atoms with E-state index in [1.54, 1.807) is 34.4 Å². The Labute approximate surface area is 184 Å². The second-order valence-corrected chi connectivity index (χ2v) is 8.50. The van der Waals surface area contributed by atoms with E-state index in [1.165, 1.54) is 4.70 Å². The summed E-state index contributed by atoms with van der Waals surface area (Å²) in [5.41, 5.74) is 1.74. The summed E-state index contributed by atoms with van der Waals surface area (Å²) in [6.45, 7) is 3.12. The van der Waals surface area contributed by atoms with Gasteiger partial charge in [0.25, 0.3) is 0 Å². The van der Waals surface area contributed by atoms with E-state index in [4.69, 9.17) is 9.47 Å². The van der Waals surface area contributed by atoms with Gasteiger partial charge in [-0.1, -0.05) is 18.2 Å². The number of carbonyl (C=O) groups excluding carboxylic acids is 2. The Bertz CT molecular complexity index is 1120. The summed E-state index contributed by atoms with van der Waals surface area (Å²) < 4.78 is 12.3. The fraction of sp³-hybridized carbons (Fsp3) is 0.304.